The molecule has 3 N–H and O–H groups in total. The van der Waals surface area contributed by atoms with Gasteiger partial charge >= 0.3 is 0 Å². The minimum atomic E-state index is -0.833. The van der Waals surface area contributed by atoms with Crippen molar-refractivity contribution in [3.8, 4) is 0 Å². The van der Waals surface area contributed by atoms with Gasteiger partial charge in [-0.15, -0.1) is 0 Å². The number of H-pyrrole nitrogens is 2. The summed E-state index contributed by atoms with van der Waals surface area (Å²) in [6.07, 6.45) is 22.9. The van der Waals surface area contributed by atoms with E-state index < -0.39 is 5.97 Å². The second-order valence-corrected chi connectivity index (χ2v) is 10.7. The van der Waals surface area contributed by atoms with Crippen LogP contribution in [0.15, 0.2) is 42.5 Å². The van der Waals surface area contributed by atoms with Crippen LogP contribution in [0.1, 0.15) is 106 Å². The second kappa shape index (κ2) is 15.0. The molecular formula is C34H42N4O2. The molecule has 0 radical (unpaired) electrons. The summed E-state index contributed by atoms with van der Waals surface area (Å²) in [5, 5.41) is 7.42. The zero-order valence-electron chi connectivity index (χ0n) is 23.9. The Kier molecular flexibility index (Phi) is 10.9. The van der Waals surface area contributed by atoms with E-state index in [0.29, 0.717) is 0 Å². The number of aromatic amines is 2. The molecule has 0 aromatic carbocycles. The minimum absolute atomic E-state index is 0.833. The van der Waals surface area contributed by atoms with Crippen molar-refractivity contribution in [2.75, 3.05) is 0 Å². The van der Waals surface area contributed by atoms with Crippen molar-refractivity contribution in [1.29, 1.82) is 0 Å². The highest BCUT2D eigenvalue weighted by Crippen LogP contribution is 2.21. The number of rotatable bonds is 11. The fourth-order valence-electron chi connectivity index (χ4n) is 5.09. The molecule has 0 fully saturated rings. The summed E-state index contributed by atoms with van der Waals surface area (Å²) in [5.41, 5.74) is 9.59. The van der Waals surface area contributed by atoms with Crippen LogP contribution in [0, 0.1) is 0 Å². The summed E-state index contributed by atoms with van der Waals surface area (Å²) in [5.74, 6) is -0.833. The molecule has 6 nitrogen and oxygen atoms in total. The third-order valence-corrected chi connectivity index (χ3v) is 7.05. The zero-order chi connectivity index (χ0) is 28.2. The van der Waals surface area contributed by atoms with E-state index in [9.17, 15) is 0 Å². The molecule has 5 rings (SSSR count). The summed E-state index contributed by atoms with van der Waals surface area (Å²) in [7, 11) is 0. The van der Waals surface area contributed by atoms with Crippen LogP contribution in [0.25, 0.3) is 46.4 Å². The third kappa shape index (κ3) is 9.37. The van der Waals surface area contributed by atoms with Gasteiger partial charge in [-0.05, 0) is 85.2 Å². The first kappa shape index (κ1) is 29.1. The Bertz CT molecular complexity index is 1490. The van der Waals surface area contributed by atoms with Gasteiger partial charge in [-0.25, -0.2) is 9.97 Å². The van der Waals surface area contributed by atoms with Crippen molar-refractivity contribution in [1.82, 2.24) is 19.9 Å². The van der Waals surface area contributed by atoms with Gasteiger partial charge in [0.1, 0.15) is 0 Å². The van der Waals surface area contributed by atoms with Crippen molar-refractivity contribution in [3.63, 3.8) is 0 Å². The quantitative estimate of drug-likeness (QED) is 0.146. The van der Waals surface area contributed by atoms with E-state index in [4.69, 9.17) is 19.9 Å². The van der Waals surface area contributed by atoms with Crippen molar-refractivity contribution in [2.24, 2.45) is 0 Å². The van der Waals surface area contributed by atoms with E-state index in [-0.39, 0.29) is 0 Å². The smallest absolute Gasteiger partial charge is 0.300 e. The lowest BCUT2D eigenvalue weighted by Gasteiger charge is -2.02. The largest absolute Gasteiger partial charge is 0.481 e. The van der Waals surface area contributed by atoms with Crippen LogP contribution < -0.4 is 0 Å². The van der Waals surface area contributed by atoms with Crippen LogP contribution in [0.3, 0.4) is 0 Å². The van der Waals surface area contributed by atoms with Crippen LogP contribution in [-0.2, 0) is 11.2 Å². The fourth-order valence-corrected chi connectivity index (χ4v) is 5.09. The van der Waals surface area contributed by atoms with Crippen molar-refractivity contribution >= 4 is 52.3 Å². The van der Waals surface area contributed by atoms with Crippen LogP contribution >= 0.6 is 0 Å². The number of hydrogen-bond acceptors (Lipinski definition) is 3. The standard InChI is InChI=1S/C32H38N4.C2H4O2/c1-2-3-4-5-6-7-8-9-10-11-12-24-19-31-22-29-16-15-27(34-29)20-25-13-14-26(33-25)21-28-17-18-30(35-28)23-32(24)36-31;1-2(3)4/h13-23,34,36H,2-12H2,1H3;1H3,(H,3,4). The van der Waals surface area contributed by atoms with E-state index in [1.165, 1.54) is 75.3 Å². The van der Waals surface area contributed by atoms with Gasteiger partial charge in [-0.3, -0.25) is 4.79 Å². The van der Waals surface area contributed by atoms with E-state index >= 15 is 0 Å². The third-order valence-electron chi connectivity index (χ3n) is 7.05. The monoisotopic (exact) mass is 538 g/mol. The number of aromatic nitrogens is 4. The predicted molar refractivity (Wildman–Crippen MR) is 168 cm³/mol. The highest BCUT2D eigenvalue weighted by Gasteiger charge is 2.05. The van der Waals surface area contributed by atoms with Crippen LogP contribution in [0.4, 0.5) is 0 Å². The molecule has 6 heteroatoms. The Hall–Kier alpha value is -3.93. The predicted octanol–water partition coefficient (Wildman–Crippen LogP) is 9.21. The molecule has 0 unspecified atom stereocenters. The highest BCUT2D eigenvalue weighted by atomic mass is 16.4. The number of aliphatic carboxylic acids is 1. The summed E-state index contributed by atoms with van der Waals surface area (Å²) in [6, 6.07) is 15.0. The van der Waals surface area contributed by atoms with E-state index in [0.717, 1.165) is 52.7 Å². The molecule has 0 atom stereocenters. The summed E-state index contributed by atoms with van der Waals surface area (Å²) >= 11 is 0. The van der Waals surface area contributed by atoms with Gasteiger partial charge in [0.05, 0.1) is 22.8 Å². The Morgan fingerprint density at radius 3 is 1.75 bits per heavy atom. The second-order valence-electron chi connectivity index (χ2n) is 10.7. The molecular weight excluding hydrogens is 496 g/mol. The Morgan fingerprint density at radius 2 is 1.15 bits per heavy atom. The lowest BCUT2D eigenvalue weighted by Crippen LogP contribution is -1.86. The molecule has 2 aliphatic rings. The highest BCUT2D eigenvalue weighted by molar-refractivity contribution is 5.78. The molecule has 40 heavy (non-hydrogen) atoms. The Morgan fingerprint density at radius 1 is 0.650 bits per heavy atom. The van der Waals surface area contributed by atoms with Gasteiger partial charge in [0, 0.05) is 29.0 Å². The Balaban J connectivity index is 0.000000867. The minimum Gasteiger partial charge on any atom is -0.481 e. The molecule has 2 aliphatic heterocycles. The number of fused-ring (bicyclic) bond motifs is 8. The maximum Gasteiger partial charge on any atom is 0.300 e. The average Bonchev–Trinajstić information content (AvgIpc) is 3.71. The Labute approximate surface area is 237 Å². The van der Waals surface area contributed by atoms with Gasteiger partial charge in [0.2, 0.25) is 0 Å². The number of carbonyl (C=O) groups is 1. The van der Waals surface area contributed by atoms with Crippen molar-refractivity contribution < 1.29 is 9.90 Å². The molecule has 0 saturated heterocycles. The molecule has 5 heterocycles. The van der Waals surface area contributed by atoms with Crippen LogP contribution in [0.2, 0.25) is 0 Å². The number of aryl methyl sites for hydroxylation is 1. The fraction of sp³-hybridized carbons (Fsp3) is 0.382. The molecule has 3 aromatic rings. The number of nitrogens with zero attached hydrogens (tertiary/aromatic N) is 2. The number of hydrogen-bond donors (Lipinski definition) is 3. The van der Waals surface area contributed by atoms with Gasteiger partial charge < -0.3 is 15.1 Å². The number of carboxylic acid groups (broad SMARTS) is 1. The molecule has 0 amide bonds. The van der Waals surface area contributed by atoms with Crippen molar-refractivity contribution in [3.05, 3.63) is 70.8 Å². The molecule has 0 saturated carbocycles. The summed E-state index contributed by atoms with van der Waals surface area (Å²) < 4.78 is 0. The lowest BCUT2D eigenvalue weighted by molar-refractivity contribution is -0.134. The number of unbranched alkanes of at least 4 members (excludes halogenated alkanes) is 9. The van der Waals surface area contributed by atoms with E-state index in [1.54, 1.807) is 0 Å². The average molecular weight is 539 g/mol. The molecule has 0 spiro atoms. The van der Waals surface area contributed by atoms with Gasteiger partial charge in [-0.2, -0.15) is 0 Å². The van der Waals surface area contributed by atoms with Crippen LogP contribution in [0.5, 0.6) is 0 Å². The van der Waals surface area contributed by atoms with Gasteiger partial charge in [-0.1, -0.05) is 64.7 Å². The molecule has 0 aliphatic carbocycles. The van der Waals surface area contributed by atoms with Crippen molar-refractivity contribution in [2.45, 2.75) is 84.5 Å². The molecule has 3 aromatic heterocycles. The van der Waals surface area contributed by atoms with E-state index in [2.05, 4.69) is 65.4 Å². The number of carboxylic acids is 1. The molecule has 210 valence electrons. The summed E-state index contributed by atoms with van der Waals surface area (Å²) in [4.78, 5) is 25.7. The zero-order valence-corrected chi connectivity index (χ0v) is 23.9. The topological polar surface area (TPSA) is 94.7 Å². The van der Waals surface area contributed by atoms with Gasteiger partial charge in [0.25, 0.3) is 5.97 Å². The lowest BCUT2D eigenvalue weighted by atomic mass is 10.0. The normalized spacial score (nSPS) is 11.8. The SMILES string of the molecule is CC(=O)O.CCCCCCCCCCCCc1cc2cc3ccc(cc4nc(cc5nc(cc1[nH]2)C=C5)C=C4)[nH]3. The van der Waals surface area contributed by atoms with Crippen LogP contribution in [-0.4, -0.2) is 31.0 Å². The first-order valence-electron chi connectivity index (χ1n) is 14.8. The van der Waals surface area contributed by atoms with E-state index in [1.807, 2.05) is 18.2 Å². The maximum atomic E-state index is 9.00. The van der Waals surface area contributed by atoms with Gasteiger partial charge in [0.15, 0.2) is 0 Å². The molecule has 8 bridgehead atoms. The maximum absolute atomic E-state index is 9.00. The first-order valence-corrected chi connectivity index (χ1v) is 14.8. The summed E-state index contributed by atoms with van der Waals surface area (Å²) in [6.45, 7) is 3.37. The first-order chi connectivity index (χ1) is 19.5. The number of nitrogens with one attached hydrogen (secondary N) is 2.